The maximum absolute atomic E-state index is 13.3. The molecule has 0 aromatic carbocycles. The number of pyridine rings is 1. The number of urea groups is 1. The molecule has 0 spiro atoms. The molecule has 1 saturated heterocycles. The van der Waals surface area contributed by atoms with Gasteiger partial charge in [0.2, 0.25) is 11.9 Å². The molecule has 1 N–H and O–H groups in total. The number of amides is 3. The largest absolute Gasteiger partial charge is 0.441 e. The van der Waals surface area contributed by atoms with Crippen LogP contribution in [0.2, 0.25) is 0 Å². The van der Waals surface area contributed by atoms with Crippen molar-refractivity contribution in [1.82, 2.24) is 19.7 Å². The van der Waals surface area contributed by atoms with E-state index in [4.69, 9.17) is 4.74 Å². The molecule has 9 nitrogen and oxygen atoms in total. The van der Waals surface area contributed by atoms with Crippen LogP contribution < -0.4 is 10.2 Å². The maximum atomic E-state index is 13.3. The Bertz CT molecular complexity index is 1000. The van der Waals surface area contributed by atoms with Gasteiger partial charge in [-0.25, -0.2) is 9.59 Å². The fraction of sp³-hybridized carbons (Fsp3) is 0.474. The molecular formula is C19H22F2N6O3. The quantitative estimate of drug-likeness (QED) is 0.754. The Labute approximate surface area is 171 Å². The first-order chi connectivity index (χ1) is 14.1. The molecule has 4 rings (SSSR count). The van der Waals surface area contributed by atoms with Crippen LogP contribution in [0, 0.1) is 11.9 Å². The zero-order valence-corrected chi connectivity index (χ0v) is 17.0. The third kappa shape index (κ3) is 3.33. The highest BCUT2D eigenvalue weighted by atomic mass is 19.1. The molecule has 4 heterocycles. The van der Waals surface area contributed by atoms with Gasteiger partial charge < -0.3 is 15.0 Å². The summed E-state index contributed by atoms with van der Waals surface area (Å²) in [5, 5.41) is 6.87. The van der Waals surface area contributed by atoms with Gasteiger partial charge in [-0.3, -0.25) is 9.58 Å². The minimum absolute atomic E-state index is 0.0324. The first-order valence-electron chi connectivity index (χ1n) is 9.54. The number of hydrogen-bond acceptors (Lipinski definition) is 5. The first kappa shape index (κ1) is 20.0. The number of fused-ring (bicyclic) bond motifs is 1. The van der Waals surface area contributed by atoms with Crippen LogP contribution in [0.3, 0.4) is 0 Å². The third-order valence-electron chi connectivity index (χ3n) is 5.69. The molecule has 30 heavy (non-hydrogen) atoms. The lowest BCUT2D eigenvalue weighted by molar-refractivity contribution is 0.0718. The Morgan fingerprint density at radius 2 is 1.93 bits per heavy atom. The number of nitrogens with zero attached hydrogens (tertiary/aromatic N) is 5. The van der Waals surface area contributed by atoms with Gasteiger partial charge in [-0.15, -0.1) is 0 Å². The molecule has 11 heteroatoms. The predicted octanol–water partition coefficient (Wildman–Crippen LogP) is 3.12. The Morgan fingerprint density at radius 1 is 1.27 bits per heavy atom. The van der Waals surface area contributed by atoms with Gasteiger partial charge in [0.15, 0.2) is 0 Å². The van der Waals surface area contributed by atoms with Crippen LogP contribution in [0.25, 0.3) is 0 Å². The summed E-state index contributed by atoms with van der Waals surface area (Å²) in [5.74, 6) is -2.05. The van der Waals surface area contributed by atoms with Crippen molar-refractivity contribution in [3.8, 4) is 0 Å². The lowest BCUT2D eigenvalue weighted by Gasteiger charge is -2.35. The highest BCUT2D eigenvalue weighted by Gasteiger charge is 2.47. The molecule has 160 valence electrons. The second-order valence-corrected chi connectivity index (χ2v) is 8.08. The van der Waals surface area contributed by atoms with E-state index in [1.165, 1.54) is 4.90 Å². The number of aromatic nitrogens is 3. The Balaban J connectivity index is 1.59. The van der Waals surface area contributed by atoms with Crippen molar-refractivity contribution in [2.24, 2.45) is 0 Å². The van der Waals surface area contributed by atoms with Crippen LogP contribution in [0.1, 0.15) is 33.4 Å². The SMILES string of the molecule is C[C@@H]1N(c2cnn3c2CN(C(=O)Nc2cc(F)nc(F)c2)[C@@H](C)C3)C(=O)OC1(C)C. The average molecular weight is 420 g/mol. The van der Waals surface area contributed by atoms with Gasteiger partial charge in [-0.1, -0.05) is 0 Å². The van der Waals surface area contributed by atoms with E-state index in [2.05, 4.69) is 15.4 Å². The molecule has 1 fully saturated rings. The molecule has 3 amide bonds. The number of rotatable bonds is 2. The molecule has 2 aliphatic heterocycles. The molecular weight excluding hydrogens is 398 g/mol. The minimum Gasteiger partial charge on any atom is -0.441 e. The fourth-order valence-corrected chi connectivity index (χ4v) is 3.73. The third-order valence-corrected chi connectivity index (χ3v) is 5.69. The molecule has 2 aliphatic rings. The van der Waals surface area contributed by atoms with Crippen LogP contribution in [0.4, 0.5) is 29.7 Å². The lowest BCUT2D eigenvalue weighted by atomic mass is 10.0. The summed E-state index contributed by atoms with van der Waals surface area (Å²) < 4.78 is 33.9. The highest BCUT2D eigenvalue weighted by molar-refractivity contribution is 5.92. The molecule has 2 aromatic heterocycles. The molecule has 2 aromatic rings. The van der Waals surface area contributed by atoms with Gasteiger partial charge in [0.1, 0.15) is 5.60 Å². The van der Waals surface area contributed by atoms with E-state index in [0.717, 1.165) is 12.1 Å². The number of halogens is 2. The van der Waals surface area contributed by atoms with Crippen LogP contribution in [-0.4, -0.2) is 49.5 Å². The minimum atomic E-state index is -1.03. The first-order valence-corrected chi connectivity index (χ1v) is 9.54. The molecule has 0 bridgehead atoms. The summed E-state index contributed by atoms with van der Waals surface area (Å²) in [4.78, 5) is 31.4. The van der Waals surface area contributed by atoms with Crippen molar-refractivity contribution < 1.29 is 23.1 Å². The van der Waals surface area contributed by atoms with Gasteiger partial charge in [-0.2, -0.15) is 18.9 Å². The van der Waals surface area contributed by atoms with Crippen molar-refractivity contribution >= 4 is 23.5 Å². The predicted molar refractivity (Wildman–Crippen MR) is 103 cm³/mol. The van der Waals surface area contributed by atoms with E-state index >= 15 is 0 Å². The van der Waals surface area contributed by atoms with Gasteiger partial charge in [0.25, 0.3) is 0 Å². The number of carbonyl (C=O) groups excluding carboxylic acids is 2. The van der Waals surface area contributed by atoms with Crippen molar-refractivity contribution in [3.05, 3.63) is 35.9 Å². The van der Waals surface area contributed by atoms with Crippen molar-refractivity contribution in [3.63, 3.8) is 0 Å². The summed E-state index contributed by atoms with van der Waals surface area (Å²) in [6.07, 6.45) is 1.12. The Hall–Kier alpha value is -3.24. The van der Waals surface area contributed by atoms with E-state index in [1.54, 1.807) is 15.8 Å². The summed E-state index contributed by atoms with van der Waals surface area (Å²) >= 11 is 0. The van der Waals surface area contributed by atoms with E-state index in [1.807, 2.05) is 27.7 Å². The molecule has 0 radical (unpaired) electrons. The molecule has 2 atom stereocenters. The normalized spacial score (nSPS) is 22.7. The number of nitrogens with one attached hydrogen (secondary N) is 1. The van der Waals surface area contributed by atoms with Gasteiger partial charge in [-0.05, 0) is 27.7 Å². The summed E-state index contributed by atoms with van der Waals surface area (Å²) in [5.41, 5.74) is 0.552. The number of carbonyl (C=O) groups is 2. The second kappa shape index (κ2) is 6.92. The van der Waals surface area contributed by atoms with E-state index in [9.17, 15) is 18.4 Å². The van der Waals surface area contributed by atoms with E-state index in [0.29, 0.717) is 17.9 Å². The second-order valence-electron chi connectivity index (χ2n) is 8.08. The van der Waals surface area contributed by atoms with Crippen LogP contribution >= 0.6 is 0 Å². The lowest BCUT2D eigenvalue weighted by Crippen LogP contribution is -2.47. The van der Waals surface area contributed by atoms with Gasteiger partial charge >= 0.3 is 12.1 Å². The smallest absolute Gasteiger partial charge is 0.415 e. The summed E-state index contributed by atoms with van der Waals surface area (Å²) in [7, 11) is 0. The average Bonchev–Trinajstić information content (AvgIpc) is 3.10. The number of hydrogen-bond donors (Lipinski definition) is 1. The molecule has 0 unspecified atom stereocenters. The maximum Gasteiger partial charge on any atom is 0.415 e. The van der Waals surface area contributed by atoms with Crippen LogP contribution in [0.5, 0.6) is 0 Å². The van der Waals surface area contributed by atoms with E-state index in [-0.39, 0.29) is 24.3 Å². The Morgan fingerprint density at radius 3 is 2.53 bits per heavy atom. The number of ether oxygens (including phenoxy) is 1. The fourth-order valence-electron chi connectivity index (χ4n) is 3.73. The van der Waals surface area contributed by atoms with Crippen LogP contribution in [0.15, 0.2) is 18.3 Å². The van der Waals surface area contributed by atoms with Crippen LogP contribution in [-0.2, 0) is 17.8 Å². The topological polar surface area (TPSA) is 92.6 Å². The standard InChI is InChI=1S/C19H22F2N6O3/c1-10-8-26-14(13(7-22-26)27-11(2)19(3,4)30-18(27)29)9-25(10)17(28)23-12-5-15(20)24-16(21)6-12/h5-7,10-11H,8-9H2,1-4H3,(H,23,24,28)/t10-,11-/m0/s1. The van der Waals surface area contributed by atoms with Crippen molar-refractivity contribution in [2.75, 3.05) is 10.2 Å². The summed E-state index contributed by atoms with van der Waals surface area (Å²) in [6.45, 7) is 7.96. The number of cyclic esters (lactones) is 1. The zero-order chi connectivity index (χ0) is 21.8. The van der Waals surface area contributed by atoms with E-state index < -0.39 is 29.6 Å². The van der Waals surface area contributed by atoms with Crippen molar-refractivity contribution in [2.45, 2.75) is 58.5 Å². The van der Waals surface area contributed by atoms with Gasteiger partial charge in [0.05, 0.1) is 48.4 Å². The molecule has 0 aliphatic carbocycles. The monoisotopic (exact) mass is 420 g/mol. The highest BCUT2D eigenvalue weighted by Crippen LogP contribution is 2.37. The van der Waals surface area contributed by atoms with Gasteiger partial charge in [0, 0.05) is 12.1 Å². The number of anilines is 2. The Kier molecular flexibility index (Phi) is 4.63. The summed E-state index contributed by atoms with van der Waals surface area (Å²) in [6, 6.07) is 0.887. The zero-order valence-electron chi connectivity index (χ0n) is 17.0. The molecule has 0 saturated carbocycles. The van der Waals surface area contributed by atoms with Crippen molar-refractivity contribution in [1.29, 1.82) is 0 Å².